The van der Waals surface area contributed by atoms with Gasteiger partial charge in [-0.3, -0.25) is 0 Å². The zero-order valence-electron chi connectivity index (χ0n) is 8.66. The number of ether oxygens (including phenoxy) is 2. The van der Waals surface area contributed by atoms with Crippen molar-refractivity contribution in [2.45, 2.75) is 5.75 Å². The Balaban J connectivity index is 3.25. The van der Waals surface area contributed by atoms with Gasteiger partial charge < -0.3 is 9.47 Å². The first-order valence-electron chi connectivity index (χ1n) is 4.20. The molecule has 1 rings (SSSR count). The monoisotopic (exact) mass is 328 g/mol. The molecule has 1 aromatic rings. The number of benzene rings is 1. The molecule has 0 saturated carbocycles. The van der Waals surface area contributed by atoms with Crippen LogP contribution in [0.4, 0.5) is 0 Å². The van der Waals surface area contributed by atoms with Crippen molar-refractivity contribution in [1.29, 1.82) is 0 Å². The van der Waals surface area contributed by atoms with Gasteiger partial charge in [-0.2, -0.15) is 0 Å². The summed E-state index contributed by atoms with van der Waals surface area (Å²) in [6.07, 6.45) is 0. The highest BCUT2D eigenvalue weighted by atomic mass is 79.9. The summed E-state index contributed by atoms with van der Waals surface area (Å²) in [6.45, 7) is 0. The van der Waals surface area contributed by atoms with E-state index in [-0.39, 0.29) is 5.75 Å². The Hall–Kier alpha value is -0.460. The van der Waals surface area contributed by atoms with Crippen LogP contribution in [0.2, 0.25) is 0 Å². The molecule has 0 aliphatic heterocycles. The predicted octanol–water partition coefficient (Wildman–Crippen LogP) is 2.53. The summed E-state index contributed by atoms with van der Waals surface area (Å²) in [7, 11) is 4.52. The smallest absolute Gasteiger partial charge is 0.236 e. The van der Waals surface area contributed by atoms with E-state index in [4.69, 9.17) is 20.2 Å². The predicted molar refractivity (Wildman–Crippen MR) is 65.7 cm³/mol. The van der Waals surface area contributed by atoms with E-state index in [0.717, 1.165) is 0 Å². The molecule has 0 saturated heterocycles. The third-order valence-electron chi connectivity index (χ3n) is 1.88. The SMILES string of the molecule is COc1cc(CS(=O)(=O)Cl)c(OC)cc1Br. The van der Waals surface area contributed by atoms with Crippen molar-refractivity contribution in [3.8, 4) is 11.5 Å². The summed E-state index contributed by atoms with van der Waals surface area (Å²) in [5.41, 5.74) is 0.456. The second-order valence-corrected chi connectivity index (χ2v) is 6.61. The Morgan fingerprint density at radius 2 is 1.81 bits per heavy atom. The third-order valence-corrected chi connectivity index (χ3v) is 3.49. The number of rotatable bonds is 4. The summed E-state index contributed by atoms with van der Waals surface area (Å²) in [4.78, 5) is 0. The first-order valence-corrected chi connectivity index (χ1v) is 7.47. The Morgan fingerprint density at radius 1 is 1.25 bits per heavy atom. The van der Waals surface area contributed by atoms with Crippen LogP contribution in [-0.4, -0.2) is 22.6 Å². The average Bonchev–Trinajstić information content (AvgIpc) is 2.18. The van der Waals surface area contributed by atoms with Gasteiger partial charge in [0.2, 0.25) is 9.05 Å². The second-order valence-electron chi connectivity index (χ2n) is 2.98. The van der Waals surface area contributed by atoms with Crippen molar-refractivity contribution in [1.82, 2.24) is 0 Å². The third kappa shape index (κ3) is 3.54. The highest BCUT2D eigenvalue weighted by Gasteiger charge is 2.15. The van der Waals surface area contributed by atoms with Gasteiger partial charge in [0.1, 0.15) is 11.5 Å². The average molecular weight is 330 g/mol. The summed E-state index contributed by atoms with van der Waals surface area (Å²) in [6, 6.07) is 3.21. The Bertz CT molecular complexity index is 487. The summed E-state index contributed by atoms with van der Waals surface area (Å²) >= 11 is 3.27. The van der Waals surface area contributed by atoms with Crippen LogP contribution in [-0.2, 0) is 14.8 Å². The van der Waals surface area contributed by atoms with Crippen LogP contribution in [0.5, 0.6) is 11.5 Å². The molecule has 90 valence electrons. The zero-order chi connectivity index (χ0) is 12.3. The van der Waals surface area contributed by atoms with Gasteiger partial charge >= 0.3 is 0 Å². The van der Waals surface area contributed by atoms with Gasteiger partial charge in [0.05, 0.1) is 24.4 Å². The minimum Gasteiger partial charge on any atom is -0.496 e. The van der Waals surface area contributed by atoms with Crippen molar-refractivity contribution in [2.75, 3.05) is 14.2 Å². The van der Waals surface area contributed by atoms with Crippen LogP contribution in [0.25, 0.3) is 0 Å². The van der Waals surface area contributed by atoms with Crippen LogP contribution >= 0.6 is 26.6 Å². The molecule has 16 heavy (non-hydrogen) atoms. The molecule has 0 aliphatic rings. The number of hydrogen-bond acceptors (Lipinski definition) is 4. The maximum absolute atomic E-state index is 11.0. The normalized spacial score (nSPS) is 11.2. The fraction of sp³-hybridized carbons (Fsp3) is 0.333. The van der Waals surface area contributed by atoms with Crippen molar-refractivity contribution in [2.24, 2.45) is 0 Å². The Labute approximate surface area is 107 Å². The number of halogens is 2. The molecule has 0 aliphatic carbocycles. The number of hydrogen-bond donors (Lipinski definition) is 0. The van der Waals surface area contributed by atoms with E-state index in [1.165, 1.54) is 14.2 Å². The molecule has 0 unspecified atom stereocenters. The van der Waals surface area contributed by atoms with Crippen molar-refractivity contribution >= 4 is 35.7 Å². The van der Waals surface area contributed by atoms with E-state index in [1.807, 2.05) is 0 Å². The summed E-state index contributed by atoms with van der Waals surface area (Å²) < 4.78 is 32.8. The number of methoxy groups -OCH3 is 2. The van der Waals surface area contributed by atoms with Crippen LogP contribution < -0.4 is 9.47 Å². The van der Waals surface area contributed by atoms with E-state index in [9.17, 15) is 8.42 Å². The van der Waals surface area contributed by atoms with E-state index in [2.05, 4.69) is 15.9 Å². The minimum absolute atomic E-state index is 0.304. The fourth-order valence-corrected chi connectivity index (χ4v) is 2.66. The molecule has 0 bridgehead atoms. The molecule has 0 radical (unpaired) electrons. The van der Waals surface area contributed by atoms with Gasteiger partial charge in [-0.15, -0.1) is 0 Å². The lowest BCUT2D eigenvalue weighted by molar-refractivity contribution is 0.398. The summed E-state index contributed by atoms with van der Waals surface area (Å²) in [5, 5.41) is 0. The molecule has 0 heterocycles. The second kappa shape index (κ2) is 5.25. The molecule has 0 atom stereocenters. The van der Waals surface area contributed by atoms with Crippen molar-refractivity contribution in [3.05, 3.63) is 22.2 Å². The van der Waals surface area contributed by atoms with E-state index >= 15 is 0 Å². The maximum Gasteiger partial charge on any atom is 0.236 e. The standard InChI is InChI=1S/C9H10BrClO4S/c1-14-8-4-7(10)9(15-2)3-6(8)5-16(11,12)13/h3-4H,5H2,1-2H3. The molecular formula is C9H10BrClO4S. The van der Waals surface area contributed by atoms with Crippen molar-refractivity contribution < 1.29 is 17.9 Å². The lowest BCUT2D eigenvalue weighted by atomic mass is 10.2. The molecule has 1 aromatic carbocycles. The molecule has 0 spiro atoms. The van der Waals surface area contributed by atoms with E-state index in [0.29, 0.717) is 21.5 Å². The van der Waals surface area contributed by atoms with Gasteiger partial charge in [-0.05, 0) is 28.1 Å². The molecule has 7 heteroatoms. The molecule has 0 N–H and O–H groups in total. The molecule has 4 nitrogen and oxygen atoms in total. The lowest BCUT2D eigenvalue weighted by Crippen LogP contribution is -2.00. The van der Waals surface area contributed by atoms with Gasteiger partial charge in [0.15, 0.2) is 0 Å². The molecule has 0 fully saturated rings. The molecular weight excluding hydrogens is 320 g/mol. The Morgan fingerprint density at radius 3 is 2.25 bits per heavy atom. The van der Waals surface area contributed by atoms with Crippen molar-refractivity contribution in [3.63, 3.8) is 0 Å². The first-order chi connectivity index (χ1) is 7.37. The quantitative estimate of drug-likeness (QED) is 0.797. The fourth-order valence-electron chi connectivity index (χ4n) is 1.22. The van der Waals surface area contributed by atoms with Gasteiger partial charge in [0, 0.05) is 16.2 Å². The maximum atomic E-state index is 11.0. The lowest BCUT2D eigenvalue weighted by Gasteiger charge is -2.10. The molecule has 0 aromatic heterocycles. The van der Waals surface area contributed by atoms with E-state index < -0.39 is 9.05 Å². The van der Waals surface area contributed by atoms with E-state index in [1.54, 1.807) is 12.1 Å². The largest absolute Gasteiger partial charge is 0.496 e. The Kier molecular flexibility index (Phi) is 4.46. The zero-order valence-corrected chi connectivity index (χ0v) is 11.8. The van der Waals surface area contributed by atoms with Gasteiger partial charge in [-0.1, -0.05) is 0 Å². The topological polar surface area (TPSA) is 52.6 Å². The van der Waals surface area contributed by atoms with Crippen LogP contribution in [0.1, 0.15) is 5.56 Å². The highest BCUT2D eigenvalue weighted by Crippen LogP contribution is 2.33. The first kappa shape index (κ1) is 13.6. The molecule has 0 amide bonds. The van der Waals surface area contributed by atoms with Gasteiger partial charge in [-0.25, -0.2) is 8.42 Å². The van der Waals surface area contributed by atoms with Crippen LogP contribution in [0, 0.1) is 0 Å². The van der Waals surface area contributed by atoms with Gasteiger partial charge in [0.25, 0.3) is 0 Å². The van der Waals surface area contributed by atoms with Crippen LogP contribution in [0.3, 0.4) is 0 Å². The minimum atomic E-state index is -3.63. The highest BCUT2D eigenvalue weighted by molar-refractivity contribution is 9.10. The van der Waals surface area contributed by atoms with Crippen LogP contribution in [0.15, 0.2) is 16.6 Å². The summed E-state index contributed by atoms with van der Waals surface area (Å²) in [5.74, 6) is 0.662.